The van der Waals surface area contributed by atoms with Crippen LogP contribution in [0.2, 0.25) is 5.02 Å². The number of esters is 1. The number of hydrogen-bond acceptors (Lipinski definition) is 5. The third kappa shape index (κ3) is 4.90. The number of nitrogens with one attached hydrogen (secondary N) is 1. The smallest absolute Gasteiger partial charge is 0.306 e. The minimum absolute atomic E-state index is 0.0318. The number of ether oxygens (including phenoxy) is 1. The van der Waals surface area contributed by atoms with Crippen molar-refractivity contribution < 1.29 is 17.9 Å². The zero-order chi connectivity index (χ0) is 16.0. The van der Waals surface area contributed by atoms with Crippen LogP contribution in [0.3, 0.4) is 0 Å². The van der Waals surface area contributed by atoms with Crippen LogP contribution in [0.4, 0.5) is 5.69 Å². The molecule has 21 heavy (non-hydrogen) atoms. The molecule has 1 aromatic rings. The van der Waals surface area contributed by atoms with Crippen LogP contribution in [0.5, 0.6) is 0 Å². The van der Waals surface area contributed by atoms with Gasteiger partial charge in [0.25, 0.3) is 0 Å². The van der Waals surface area contributed by atoms with E-state index in [9.17, 15) is 13.2 Å². The van der Waals surface area contributed by atoms with Gasteiger partial charge in [-0.3, -0.25) is 9.52 Å². The first-order chi connectivity index (χ1) is 9.80. The molecular formula is C12H14ClN3O4S. The van der Waals surface area contributed by atoms with Gasteiger partial charge >= 0.3 is 16.2 Å². The van der Waals surface area contributed by atoms with E-state index in [2.05, 4.69) is 9.46 Å². The maximum Gasteiger partial charge on any atom is 0.306 e. The maximum atomic E-state index is 12.0. The van der Waals surface area contributed by atoms with Gasteiger partial charge in [0.2, 0.25) is 0 Å². The quantitative estimate of drug-likeness (QED) is 0.793. The highest BCUT2D eigenvalue weighted by molar-refractivity contribution is 7.90. The molecule has 0 aliphatic heterocycles. The van der Waals surface area contributed by atoms with Crippen LogP contribution >= 0.6 is 11.6 Å². The molecule has 9 heteroatoms. The SMILES string of the molecule is COC(=O)CCN(C)S(=O)(=O)Nc1ccc(C#N)cc1Cl. The number of anilines is 1. The van der Waals surface area contributed by atoms with Crippen molar-refractivity contribution in [2.24, 2.45) is 0 Å². The Morgan fingerprint density at radius 1 is 1.52 bits per heavy atom. The Labute approximate surface area is 128 Å². The minimum atomic E-state index is -3.85. The molecule has 0 bridgehead atoms. The molecule has 7 nitrogen and oxygen atoms in total. The van der Waals surface area contributed by atoms with Crippen molar-refractivity contribution in [2.45, 2.75) is 6.42 Å². The number of methoxy groups -OCH3 is 1. The Morgan fingerprint density at radius 2 is 2.19 bits per heavy atom. The predicted octanol–water partition coefficient (Wildman–Crippen LogP) is 1.36. The number of hydrogen-bond donors (Lipinski definition) is 1. The molecule has 0 spiro atoms. The lowest BCUT2D eigenvalue weighted by molar-refractivity contribution is -0.140. The van der Waals surface area contributed by atoms with E-state index in [1.165, 1.54) is 32.4 Å². The molecule has 0 aliphatic rings. The van der Waals surface area contributed by atoms with E-state index in [0.29, 0.717) is 5.56 Å². The summed E-state index contributed by atoms with van der Waals surface area (Å²) in [6.07, 6.45) is -0.0605. The summed E-state index contributed by atoms with van der Waals surface area (Å²) < 4.78 is 31.8. The molecule has 1 rings (SSSR count). The molecule has 0 fully saturated rings. The number of nitriles is 1. The Balaban J connectivity index is 2.81. The summed E-state index contributed by atoms with van der Waals surface area (Å²) >= 11 is 5.90. The number of benzene rings is 1. The zero-order valence-electron chi connectivity index (χ0n) is 11.5. The predicted molar refractivity (Wildman–Crippen MR) is 78.0 cm³/mol. The van der Waals surface area contributed by atoms with Crippen LogP contribution in [0.1, 0.15) is 12.0 Å². The van der Waals surface area contributed by atoms with Crippen molar-refractivity contribution in [3.05, 3.63) is 28.8 Å². The zero-order valence-corrected chi connectivity index (χ0v) is 13.0. The molecule has 0 heterocycles. The average Bonchev–Trinajstić information content (AvgIpc) is 2.46. The lowest BCUT2D eigenvalue weighted by Gasteiger charge is -2.18. The minimum Gasteiger partial charge on any atom is -0.469 e. The molecule has 1 N–H and O–H groups in total. The fraction of sp³-hybridized carbons (Fsp3) is 0.333. The van der Waals surface area contributed by atoms with E-state index >= 15 is 0 Å². The van der Waals surface area contributed by atoms with Gasteiger partial charge in [0.05, 0.1) is 35.9 Å². The molecule has 114 valence electrons. The van der Waals surface area contributed by atoms with E-state index < -0.39 is 16.2 Å². The second-order valence-electron chi connectivity index (χ2n) is 4.06. The summed E-state index contributed by atoms with van der Waals surface area (Å²) in [7, 11) is -1.30. The second-order valence-corrected chi connectivity index (χ2v) is 6.25. The van der Waals surface area contributed by atoms with Gasteiger partial charge in [0.1, 0.15) is 0 Å². The van der Waals surface area contributed by atoms with Crippen molar-refractivity contribution in [2.75, 3.05) is 25.4 Å². The van der Waals surface area contributed by atoms with Crippen LogP contribution < -0.4 is 4.72 Å². The third-order valence-electron chi connectivity index (χ3n) is 2.61. The van der Waals surface area contributed by atoms with E-state index in [1.807, 2.05) is 6.07 Å². The summed E-state index contributed by atoms with van der Waals surface area (Å²) in [5, 5.41) is 8.83. The molecule has 0 saturated heterocycles. The van der Waals surface area contributed by atoms with E-state index in [4.69, 9.17) is 16.9 Å². The van der Waals surface area contributed by atoms with Crippen molar-refractivity contribution in [1.82, 2.24) is 4.31 Å². The summed E-state index contributed by atoms with van der Waals surface area (Å²) in [6.45, 7) is -0.0318. The van der Waals surface area contributed by atoms with Gasteiger partial charge in [-0.15, -0.1) is 0 Å². The Morgan fingerprint density at radius 3 is 2.71 bits per heavy atom. The van der Waals surface area contributed by atoms with Gasteiger partial charge in [-0.25, -0.2) is 0 Å². The fourth-order valence-electron chi connectivity index (χ4n) is 1.36. The van der Waals surface area contributed by atoms with Crippen LogP contribution in [-0.2, 0) is 19.7 Å². The lowest BCUT2D eigenvalue weighted by Crippen LogP contribution is -2.34. The third-order valence-corrected chi connectivity index (χ3v) is 4.40. The highest BCUT2D eigenvalue weighted by Crippen LogP contribution is 2.24. The molecule has 0 radical (unpaired) electrons. The standard InChI is InChI=1S/C12H14ClN3O4S/c1-16(6-5-12(17)20-2)21(18,19)15-11-4-3-9(8-14)7-10(11)13/h3-4,7,15H,5-6H2,1-2H3. The Kier molecular flexibility index (Phi) is 5.96. The average molecular weight is 332 g/mol. The normalized spacial score (nSPS) is 11.0. The summed E-state index contributed by atoms with van der Waals surface area (Å²) in [5.41, 5.74) is 0.475. The van der Waals surface area contributed by atoms with E-state index in [-0.39, 0.29) is 23.7 Å². The summed E-state index contributed by atoms with van der Waals surface area (Å²) in [6, 6.07) is 6.09. The fourth-order valence-corrected chi connectivity index (χ4v) is 2.58. The van der Waals surface area contributed by atoms with Crippen molar-refractivity contribution >= 4 is 33.5 Å². The number of rotatable bonds is 6. The van der Waals surface area contributed by atoms with E-state index in [0.717, 1.165) is 4.31 Å². The maximum absolute atomic E-state index is 12.0. The largest absolute Gasteiger partial charge is 0.469 e. The molecular weight excluding hydrogens is 318 g/mol. The first-order valence-electron chi connectivity index (χ1n) is 5.80. The van der Waals surface area contributed by atoms with Gasteiger partial charge in [-0.05, 0) is 18.2 Å². The summed E-state index contributed by atoms with van der Waals surface area (Å²) in [5.74, 6) is -0.506. The van der Waals surface area contributed by atoms with Crippen molar-refractivity contribution in [1.29, 1.82) is 5.26 Å². The second kappa shape index (κ2) is 7.26. The van der Waals surface area contributed by atoms with Crippen LogP contribution in [-0.4, -0.2) is 39.4 Å². The molecule has 0 amide bonds. The highest BCUT2D eigenvalue weighted by atomic mass is 35.5. The van der Waals surface area contributed by atoms with Crippen molar-refractivity contribution in [3.8, 4) is 6.07 Å². The molecule has 0 unspecified atom stereocenters. The van der Waals surface area contributed by atoms with E-state index in [1.54, 1.807) is 0 Å². The number of nitrogens with zero attached hydrogens (tertiary/aromatic N) is 2. The Bertz CT molecular complexity index is 670. The summed E-state index contributed by atoms with van der Waals surface area (Å²) in [4.78, 5) is 11.0. The van der Waals surface area contributed by atoms with Gasteiger partial charge in [-0.1, -0.05) is 11.6 Å². The van der Waals surface area contributed by atoms with Gasteiger partial charge in [0.15, 0.2) is 0 Å². The van der Waals surface area contributed by atoms with Gasteiger partial charge in [-0.2, -0.15) is 18.0 Å². The van der Waals surface area contributed by atoms with Crippen molar-refractivity contribution in [3.63, 3.8) is 0 Å². The van der Waals surface area contributed by atoms with Gasteiger partial charge < -0.3 is 4.74 Å². The molecule has 0 aromatic heterocycles. The number of halogens is 1. The number of carbonyl (C=O) groups excluding carboxylic acids is 1. The highest BCUT2D eigenvalue weighted by Gasteiger charge is 2.19. The number of carbonyl (C=O) groups is 1. The molecule has 0 saturated carbocycles. The first-order valence-corrected chi connectivity index (χ1v) is 7.62. The molecule has 0 atom stereocenters. The van der Waals surface area contributed by atoms with Gasteiger partial charge in [0, 0.05) is 13.6 Å². The van der Waals surface area contributed by atoms with Crippen LogP contribution in [0.15, 0.2) is 18.2 Å². The van der Waals surface area contributed by atoms with Crippen LogP contribution in [0, 0.1) is 11.3 Å². The van der Waals surface area contributed by atoms with Crippen LogP contribution in [0.25, 0.3) is 0 Å². The lowest BCUT2D eigenvalue weighted by atomic mass is 10.2. The Hall–Kier alpha value is -1.82. The monoisotopic (exact) mass is 331 g/mol. The topological polar surface area (TPSA) is 99.5 Å². The molecule has 1 aromatic carbocycles. The first kappa shape index (κ1) is 17.2. The molecule has 0 aliphatic carbocycles.